The van der Waals surface area contributed by atoms with Crippen LogP contribution in [0.1, 0.15) is 69.7 Å². The molecule has 0 radical (unpaired) electrons. The Hall–Kier alpha value is -2.42. The smallest absolute Gasteiger partial charge is 0.328 e. The van der Waals surface area contributed by atoms with Crippen molar-refractivity contribution in [1.29, 1.82) is 15.8 Å². The third-order valence-electron chi connectivity index (χ3n) is 2.49. The normalized spacial score (nSPS) is 12.1. The lowest BCUT2D eigenvalue weighted by molar-refractivity contribution is 0.0280. The van der Waals surface area contributed by atoms with E-state index in [4.69, 9.17) is 21.5 Å². The van der Waals surface area contributed by atoms with Crippen molar-refractivity contribution in [1.82, 2.24) is 9.44 Å². The lowest BCUT2D eigenvalue weighted by atomic mass is 10.4. The SMILES string of the molecule is C.C.CC(F)(F)C#N.CC(F)(F)CN.CC(F)(F)CNS(C)(=O)=O.CC(F)C#N.CC(F)CN.CC(F)CNS(C)(=O)=O.CCC#N. The van der Waals surface area contributed by atoms with Crippen molar-refractivity contribution >= 4 is 20.0 Å². The second-order valence-electron chi connectivity index (χ2n) is 8.61. The summed E-state index contributed by atoms with van der Waals surface area (Å²) in [5, 5.41) is 22.5. The summed E-state index contributed by atoms with van der Waals surface area (Å²) in [6.07, 6.45) is -0.821. The summed E-state index contributed by atoms with van der Waals surface area (Å²) in [4.78, 5) is 0. The molecule has 47 heavy (non-hydrogen) atoms. The number of nitrogens with zero attached hydrogens (tertiary/aromatic N) is 3. The summed E-state index contributed by atoms with van der Waals surface area (Å²) in [6.45, 7) is 6.31. The summed E-state index contributed by atoms with van der Waals surface area (Å²) in [5.41, 5.74) is 9.35. The summed E-state index contributed by atoms with van der Waals surface area (Å²) in [5.74, 6) is -8.82. The Labute approximate surface area is 276 Å². The fourth-order valence-corrected chi connectivity index (χ4v) is 1.57. The largest absolute Gasteiger partial charge is 0.329 e. The van der Waals surface area contributed by atoms with Crippen LogP contribution in [0.4, 0.5) is 39.5 Å². The molecule has 0 spiro atoms. The van der Waals surface area contributed by atoms with Crippen molar-refractivity contribution in [3.8, 4) is 18.2 Å². The number of rotatable bonds is 8. The second-order valence-corrected chi connectivity index (χ2v) is 12.3. The van der Waals surface area contributed by atoms with Gasteiger partial charge in [0.15, 0.2) is 6.17 Å². The van der Waals surface area contributed by atoms with Gasteiger partial charge in [0.1, 0.15) is 18.4 Å². The van der Waals surface area contributed by atoms with Gasteiger partial charge in [0.25, 0.3) is 11.8 Å². The summed E-state index contributed by atoms with van der Waals surface area (Å²) in [6, 6.07) is 4.06. The maximum Gasteiger partial charge on any atom is 0.329 e. The Morgan fingerprint density at radius 3 is 1.04 bits per heavy atom. The van der Waals surface area contributed by atoms with E-state index in [1.807, 2.05) is 17.7 Å². The molecule has 11 nitrogen and oxygen atoms in total. The number of hydrogen-bond donors (Lipinski definition) is 4. The zero-order chi connectivity index (χ0) is 38.3. The Morgan fingerprint density at radius 1 is 0.745 bits per heavy atom. The van der Waals surface area contributed by atoms with Gasteiger partial charge in [-0.1, -0.05) is 21.8 Å². The van der Waals surface area contributed by atoms with Crippen molar-refractivity contribution in [2.75, 3.05) is 38.7 Å². The predicted octanol–water partition coefficient (Wildman–Crippen LogP) is 5.21. The van der Waals surface area contributed by atoms with Crippen molar-refractivity contribution in [2.45, 2.75) is 106 Å². The standard InChI is InChI=1S/C4H9F2NO2S.C4H10FNO2S.C3H7F2N.C3H3F2N.C3H8FN.C3H4FN.C3H5N.2CH4/c1-4(5,6)3-7-10(2,8)9;1-4(5)3-6-9(2,7)8;2*1-3(4,5)2-6;2*1-3(4)2-5;1-2-3-4;;/h7H,3H2,1-2H3;4,6H,3H2,1-2H3;2,6H2,1H3;1H3;3H,2,5H2,1H3;3H,1H3;2H2,1H3;2*1H4. The van der Waals surface area contributed by atoms with Gasteiger partial charge in [0.05, 0.1) is 37.7 Å². The van der Waals surface area contributed by atoms with Crippen LogP contribution in [-0.2, 0) is 20.0 Å². The fourth-order valence-electron chi connectivity index (χ4n) is 0.524. The zero-order valence-electron chi connectivity index (χ0n) is 26.6. The molecule has 22 heteroatoms. The first-order valence-corrected chi connectivity index (χ1v) is 16.0. The van der Waals surface area contributed by atoms with Crippen LogP contribution < -0.4 is 20.9 Å². The molecule has 0 fully saturated rings. The number of halogens is 9. The Bertz CT molecular complexity index is 1010. The minimum Gasteiger partial charge on any atom is -0.328 e. The van der Waals surface area contributed by atoms with Gasteiger partial charge in [-0.05, 0) is 20.8 Å². The lowest BCUT2D eigenvalue weighted by Gasteiger charge is -2.08. The van der Waals surface area contributed by atoms with E-state index in [0.717, 1.165) is 25.5 Å². The number of nitriles is 3. The zero-order valence-corrected chi connectivity index (χ0v) is 28.2. The maximum atomic E-state index is 11.9. The first kappa shape index (κ1) is 66.9. The molecule has 3 unspecified atom stereocenters. The third-order valence-corrected chi connectivity index (χ3v) is 3.85. The molecule has 0 aromatic rings. The Balaban J connectivity index is -0.0000000520. The Morgan fingerprint density at radius 2 is 1.00 bits per heavy atom. The topological polar surface area (TPSA) is 216 Å². The molecule has 0 saturated heterocycles. The van der Waals surface area contributed by atoms with Crippen LogP contribution >= 0.6 is 0 Å². The van der Waals surface area contributed by atoms with Crippen LogP contribution in [0.15, 0.2) is 0 Å². The maximum absolute atomic E-state index is 11.9. The van der Waals surface area contributed by atoms with Crippen LogP contribution in [0, 0.1) is 34.0 Å². The van der Waals surface area contributed by atoms with Crippen molar-refractivity contribution in [2.24, 2.45) is 11.5 Å². The first-order valence-electron chi connectivity index (χ1n) is 12.2. The Kier molecular flexibility index (Phi) is 51.8. The van der Waals surface area contributed by atoms with Crippen LogP contribution in [0.25, 0.3) is 0 Å². The summed E-state index contributed by atoms with van der Waals surface area (Å²) >= 11 is 0. The van der Waals surface area contributed by atoms with Gasteiger partial charge < -0.3 is 11.5 Å². The third kappa shape index (κ3) is 162. The highest BCUT2D eigenvalue weighted by Gasteiger charge is 2.22. The van der Waals surface area contributed by atoms with Crippen molar-refractivity contribution < 1.29 is 56.3 Å². The summed E-state index contributed by atoms with van der Waals surface area (Å²) < 4.78 is 148. The van der Waals surface area contributed by atoms with E-state index in [1.54, 1.807) is 4.72 Å². The van der Waals surface area contributed by atoms with Gasteiger partial charge in [-0.2, -0.15) is 24.6 Å². The van der Waals surface area contributed by atoms with Crippen molar-refractivity contribution in [3.63, 3.8) is 0 Å². The molecule has 0 aromatic carbocycles. The van der Waals surface area contributed by atoms with Gasteiger partial charge in [-0.3, -0.25) is 0 Å². The van der Waals surface area contributed by atoms with E-state index in [0.29, 0.717) is 20.3 Å². The molecule has 0 saturated carbocycles. The molecule has 0 heterocycles. The summed E-state index contributed by atoms with van der Waals surface area (Å²) in [7, 11) is -6.70. The van der Waals surface area contributed by atoms with E-state index < -0.39 is 69.4 Å². The highest BCUT2D eigenvalue weighted by atomic mass is 32.2. The molecule has 0 aliphatic carbocycles. The molecular formula is C25H54F9N7O4S2. The van der Waals surface area contributed by atoms with E-state index in [9.17, 15) is 56.3 Å². The van der Waals surface area contributed by atoms with E-state index in [-0.39, 0.29) is 27.9 Å². The quantitative estimate of drug-likeness (QED) is 0.239. The molecule has 0 aliphatic rings. The first-order chi connectivity index (χ1) is 19.7. The minimum absolute atomic E-state index is 0. The number of sulfonamides is 2. The lowest BCUT2D eigenvalue weighted by Crippen LogP contribution is -2.33. The van der Waals surface area contributed by atoms with Gasteiger partial charge in [0.2, 0.25) is 20.0 Å². The van der Waals surface area contributed by atoms with Crippen molar-refractivity contribution in [3.05, 3.63) is 0 Å². The van der Waals surface area contributed by atoms with Gasteiger partial charge in [-0.15, -0.1) is 0 Å². The molecule has 0 amide bonds. The van der Waals surface area contributed by atoms with Gasteiger partial charge in [0, 0.05) is 40.3 Å². The molecule has 0 bridgehead atoms. The number of nitrogens with one attached hydrogen (secondary N) is 2. The van der Waals surface area contributed by atoms with E-state index >= 15 is 0 Å². The van der Waals surface area contributed by atoms with Crippen LogP contribution in [0.3, 0.4) is 0 Å². The van der Waals surface area contributed by atoms with Gasteiger partial charge >= 0.3 is 5.92 Å². The molecule has 3 atom stereocenters. The minimum atomic E-state index is -3.49. The molecule has 0 aromatic heterocycles. The molecule has 288 valence electrons. The molecule has 0 rings (SSSR count). The predicted molar refractivity (Wildman–Crippen MR) is 168 cm³/mol. The second kappa shape index (κ2) is 36.4. The van der Waals surface area contributed by atoms with E-state index in [2.05, 4.69) is 5.73 Å². The number of alkyl halides is 9. The fraction of sp³-hybridized carbons (Fsp3) is 0.880. The number of hydrogen-bond acceptors (Lipinski definition) is 9. The number of nitrogens with two attached hydrogens (primary N) is 2. The molecule has 6 N–H and O–H groups in total. The van der Waals surface area contributed by atoms with Gasteiger partial charge in [-0.25, -0.2) is 57.0 Å². The average molecular weight is 752 g/mol. The van der Waals surface area contributed by atoms with Crippen LogP contribution in [0.2, 0.25) is 0 Å². The van der Waals surface area contributed by atoms with Crippen LogP contribution in [-0.4, -0.2) is 91.8 Å². The molecule has 0 aliphatic heterocycles. The monoisotopic (exact) mass is 751 g/mol. The highest BCUT2D eigenvalue weighted by Crippen LogP contribution is 2.09. The van der Waals surface area contributed by atoms with E-state index in [1.165, 1.54) is 26.8 Å². The average Bonchev–Trinajstić information content (AvgIpc) is 2.86. The highest BCUT2D eigenvalue weighted by molar-refractivity contribution is 7.89. The molecular weight excluding hydrogens is 697 g/mol. The van der Waals surface area contributed by atoms with Crippen LogP contribution in [0.5, 0.6) is 0 Å².